The number of benzene rings is 1. The zero-order valence-corrected chi connectivity index (χ0v) is 17.3. The van der Waals surface area contributed by atoms with Gasteiger partial charge < -0.3 is 19.5 Å². The van der Waals surface area contributed by atoms with Crippen LogP contribution in [0.5, 0.6) is 0 Å². The highest BCUT2D eigenvalue weighted by Crippen LogP contribution is 2.21. The maximum atomic E-state index is 12.5. The van der Waals surface area contributed by atoms with Gasteiger partial charge in [-0.05, 0) is 32.3 Å². The molecule has 0 unspecified atom stereocenters. The van der Waals surface area contributed by atoms with E-state index >= 15 is 0 Å². The van der Waals surface area contributed by atoms with E-state index in [1.54, 1.807) is 27.8 Å². The number of likely N-dealkylation sites (N-methyl/N-ethyl adjacent to an activating group) is 1. The molecule has 1 aromatic carbocycles. The first-order valence-electron chi connectivity index (χ1n) is 9.38. The SMILES string of the molecule is CC[C@H](C)[C@@H]([C@H](O)CC(=O)OC(C)(C)C)N(C)C(=O)OCc1ccccc1. The van der Waals surface area contributed by atoms with Gasteiger partial charge in [0.2, 0.25) is 0 Å². The number of carbonyl (C=O) groups excluding carboxylic acids is 2. The molecule has 0 fully saturated rings. The summed E-state index contributed by atoms with van der Waals surface area (Å²) in [4.78, 5) is 25.9. The fraction of sp³-hybridized carbons (Fsp3) is 0.619. The van der Waals surface area contributed by atoms with Gasteiger partial charge in [-0.1, -0.05) is 50.6 Å². The minimum absolute atomic E-state index is 0.0169. The molecule has 0 aliphatic heterocycles. The zero-order chi connectivity index (χ0) is 20.6. The Bertz CT molecular complexity index is 596. The van der Waals surface area contributed by atoms with E-state index in [4.69, 9.17) is 9.47 Å². The Morgan fingerprint density at radius 3 is 2.30 bits per heavy atom. The van der Waals surface area contributed by atoms with Crippen molar-refractivity contribution in [3.05, 3.63) is 35.9 Å². The Morgan fingerprint density at radius 1 is 1.19 bits per heavy atom. The summed E-state index contributed by atoms with van der Waals surface area (Å²) in [6, 6.07) is 8.83. The van der Waals surface area contributed by atoms with Crippen LogP contribution in [-0.4, -0.2) is 46.9 Å². The standard InChI is InChI=1S/C21H33NO5/c1-7-15(2)19(17(23)13-18(24)27-21(3,4)5)22(6)20(25)26-14-16-11-9-8-10-12-16/h8-12,15,17,19,23H,7,13-14H2,1-6H3/t15-,17+,19-/m0/s1. The molecule has 0 aliphatic carbocycles. The fourth-order valence-corrected chi connectivity index (χ4v) is 2.88. The summed E-state index contributed by atoms with van der Waals surface area (Å²) in [6.45, 7) is 9.38. The van der Waals surface area contributed by atoms with Crippen LogP contribution in [0.25, 0.3) is 0 Å². The number of hydrogen-bond acceptors (Lipinski definition) is 5. The quantitative estimate of drug-likeness (QED) is 0.696. The second kappa shape index (κ2) is 10.3. The molecule has 1 N–H and O–H groups in total. The highest BCUT2D eigenvalue weighted by Gasteiger charge is 2.34. The lowest BCUT2D eigenvalue weighted by Crippen LogP contribution is -2.49. The summed E-state index contributed by atoms with van der Waals surface area (Å²) in [5.74, 6) is -0.508. The van der Waals surface area contributed by atoms with E-state index in [0.717, 1.165) is 12.0 Å². The molecule has 1 rings (SSSR count). The maximum absolute atomic E-state index is 12.5. The van der Waals surface area contributed by atoms with Gasteiger partial charge in [-0.15, -0.1) is 0 Å². The highest BCUT2D eigenvalue weighted by molar-refractivity contribution is 5.71. The summed E-state index contributed by atoms with van der Waals surface area (Å²) in [5.41, 5.74) is 0.261. The third kappa shape index (κ3) is 7.99. The molecule has 0 saturated heterocycles. The van der Waals surface area contributed by atoms with Crippen LogP contribution in [0.4, 0.5) is 4.79 Å². The summed E-state index contributed by atoms with van der Waals surface area (Å²) in [5, 5.41) is 10.6. The molecule has 6 heteroatoms. The lowest BCUT2D eigenvalue weighted by atomic mass is 9.91. The molecule has 27 heavy (non-hydrogen) atoms. The number of ether oxygens (including phenoxy) is 2. The van der Waals surface area contributed by atoms with Crippen LogP contribution in [0.3, 0.4) is 0 Å². The second-order valence-corrected chi connectivity index (χ2v) is 7.89. The van der Waals surface area contributed by atoms with E-state index in [0.29, 0.717) is 0 Å². The van der Waals surface area contributed by atoms with Crippen LogP contribution in [0.15, 0.2) is 30.3 Å². The predicted octanol–water partition coefficient (Wildman–Crippen LogP) is 3.76. The Kier molecular flexibility index (Phi) is 8.76. The number of amides is 1. The molecule has 1 amide bonds. The largest absolute Gasteiger partial charge is 0.460 e. The van der Waals surface area contributed by atoms with Crippen LogP contribution in [-0.2, 0) is 20.9 Å². The summed E-state index contributed by atoms with van der Waals surface area (Å²) in [6.07, 6.45) is -1.01. The molecule has 0 aliphatic rings. The summed E-state index contributed by atoms with van der Waals surface area (Å²) in [7, 11) is 1.59. The lowest BCUT2D eigenvalue weighted by molar-refractivity contribution is -0.158. The highest BCUT2D eigenvalue weighted by atomic mass is 16.6. The number of hydrogen-bond donors (Lipinski definition) is 1. The number of aliphatic hydroxyl groups excluding tert-OH is 1. The molecular weight excluding hydrogens is 346 g/mol. The number of nitrogens with zero attached hydrogens (tertiary/aromatic N) is 1. The minimum atomic E-state index is -1.04. The third-order valence-corrected chi connectivity index (χ3v) is 4.36. The van der Waals surface area contributed by atoms with E-state index in [-0.39, 0.29) is 18.9 Å². The first-order valence-corrected chi connectivity index (χ1v) is 9.38. The van der Waals surface area contributed by atoms with Crippen molar-refractivity contribution in [2.45, 2.75) is 71.8 Å². The van der Waals surface area contributed by atoms with Crippen LogP contribution < -0.4 is 0 Å². The molecule has 0 bridgehead atoms. The van der Waals surface area contributed by atoms with Crippen molar-refractivity contribution in [3.8, 4) is 0 Å². The number of rotatable bonds is 8. The van der Waals surface area contributed by atoms with Crippen molar-refractivity contribution >= 4 is 12.1 Å². The van der Waals surface area contributed by atoms with Gasteiger partial charge in [0.15, 0.2) is 0 Å². The van der Waals surface area contributed by atoms with Crippen molar-refractivity contribution in [1.82, 2.24) is 4.90 Å². The van der Waals surface area contributed by atoms with Crippen LogP contribution in [0, 0.1) is 5.92 Å². The maximum Gasteiger partial charge on any atom is 0.410 e. The smallest absolute Gasteiger partial charge is 0.410 e. The first kappa shape index (κ1) is 23.0. The molecule has 0 saturated carbocycles. The minimum Gasteiger partial charge on any atom is -0.460 e. The number of esters is 1. The second-order valence-electron chi connectivity index (χ2n) is 7.89. The average molecular weight is 379 g/mol. The summed E-state index contributed by atoms with van der Waals surface area (Å²) >= 11 is 0. The van der Waals surface area contributed by atoms with E-state index in [9.17, 15) is 14.7 Å². The Morgan fingerprint density at radius 2 is 1.78 bits per heavy atom. The van der Waals surface area contributed by atoms with Gasteiger partial charge in [0, 0.05) is 7.05 Å². The topological polar surface area (TPSA) is 76.1 Å². The third-order valence-electron chi connectivity index (χ3n) is 4.36. The molecule has 0 aromatic heterocycles. The number of carbonyl (C=O) groups is 2. The molecule has 0 heterocycles. The Balaban J connectivity index is 2.75. The molecule has 0 radical (unpaired) electrons. The van der Waals surface area contributed by atoms with E-state index < -0.39 is 29.8 Å². The van der Waals surface area contributed by atoms with Crippen molar-refractivity contribution in [1.29, 1.82) is 0 Å². The summed E-state index contributed by atoms with van der Waals surface area (Å²) < 4.78 is 10.6. The van der Waals surface area contributed by atoms with Gasteiger partial charge in [0.25, 0.3) is 0 Å². The zero-order valence-electron chi connectivity index (χ0n) is 17.3. The Labute approximate surface area is 162 Å². The van der Waals surface area contributed by atoms with Gasteiger partial charge in [-0.3, -0.25) is 4.79 Å². The molecule has 0 spiro atoms. The average Bonchev–Trinajstić information content (AvgIpc) is 2.58. The van der Waals surface area contributed by atoms with Crippen molar-refractivity contribution in [2.75, 3.05) is 7.05 Å². The van der Waals surface area contributed by atoms with Crippen LogP contribution in [0.1, 0.15) is 53.0 Å². The van der Waals surface area contributed by atoms with E-state index in [1.807, 2.05) is 44.2 Å². The molecule has 3 atom stereocenters. The van der Waals surface area contributed by atoms with Crippen molar-refractivity contribution in [3.63, 3.8) is 0 Å². The van der Waals surface area contributed by atoms with E-state index in [2.05, 4.69) is 0 Å². The van der Waals surface area contributed by atoms with Crippen molar-refractivity contribution in [2.24, 2.45) is 5.92 Å². The normalized spacial score (nSPS) is 14.8. The molecular formula is C21H33NO5. The lowest BCUT2D eigenvalue weighted by Gasteiger charge is -2.35. The van der Waals surface area contributed by atoms with Gasteiger partial charge in [-0.25, -0.2) is 4.79 Å². The number of aliphatic hydroxyl groups is 1. The van der Waals surface area contributed by atoms with Gasteiger partial charge in [0.1, 0.15) is 12.2 Å². The van der Waals surface area contributed by atoms with Crippen LogP contribution >= 0.6 is 0 Å². The van der Waals surface area contributed by atoms with Gasteiger partial charge >= 0.3 is 12.1 Å². The Hall–Kier alpha value is -2.08. The fourth-order valence-electron chi connectivity index (χ4n) is 2.88. The monoisotopic (exact) mass is 379 g/mol. The molecule has 152 valence electrons. The first-order chi connectivity index (χ1) is 12.5. The van der Waals surface area contributed by atoms with Crippen LogP contribution in [0.2, 0.25) is 0 Å². The van der Waals surface area contributed by atoms with E-state index in [1.165, 1.54) is 4.90 Å². The van der Waals surface area contributed by atoms with Gasteiger partial charge in [-0.2, -0.15) is 0 Å². The molecule has 1 aromatic rings. The van der Waals surface area contributed by atoms with Crippen molar-refractivity contribution < 1.29 is 24.2 Å². The predicted molar refractivity (Wildman–Crippen MR) is 104 cm³/mol. The molecule has 6 nitrogen and oxygen atoms in total. The van der Waals surface area contributed by atoms with Gasteiger partial charge in [0.05, 0.1) is 18.6 Å².